The minimum Gasteiger partial charge on any atom is -0.432 e. The third kappa shape index (κ3) is 7.07. The molecular formula is C41H66O15S. The summed E-state index contributed by atoms with van der Waals surface area (Å²) in [6, 6.07) is 0. The van der Waals surface area contributed by atoms with Crippen molar-refractivity contribution in [3.05, 3.63) is 11.6 Å². The van der Waals surface area contributed by atoms with E-state index in [0.717, 1.165) is 38.5 Å². The standard InChI is InChI=1S/C41H66O15S/c1-19-10-16-41(37(48)55-35-33(47)31(45)30(44)24(18-42)53-35)17-11-23-22(28(41)20(19)2)8-9-26-39(23,6)14-12-25-38(4,5)27(13-15-40(25,26)7)54-36-34(56-57(49,50)51)32(46)29(43)21(3)52-36/h8,19-21,23-36,42-47H,9-18H2,1-7H3,(H,49,50,51)/t19-,20+,21-,23-,24-,25+,26+,27+,28+,29-,30-,31+,32+,33-,34-,35+,36+,39+,40+,41+/m1/s1. The van der Waals surface area contributed by atoms with E-state index in [1.807, 2.05) is 0 Å². The second kappa shape index (κ2) is 15.3. The number of carbonyl (C=O) groups excluding carboxylic acids is 1. The molecule has 326 valence electrons. The van der Waals surface area contributed by atoms with E-state index in [2.05, 4.69) is 47.6 Å². The van der Waals surface area contributed by atoms with Crippen molar-refractivity contribution in [3.8, 4) is 0 Å². The second-order valence-electron chi connectivity index (χ2n) is 20.0. The van der Waals surface area contributed by atoms with Crippen LogP contribution in [0.3, 0.4) is 0 Å². The van der Waals surface area contributed by atoms with Gasteiger partial charge in [0.25, 0.3) is 0 Å². The molecule has 0 aromatic rings. The lowest BCUT2D eigenvalue weighted by Gasteiger charge is -2.68. The normalized spacial score (nSPS) is 52.3. The van der Waals surface area contributed by atoms with Crippen LogP contribution < -0.4 is 0 Å². The van der Waals surface area contributed by atoms with Crippen LogP contribution in [0.15, 0.2) is 11.6 Å². The number of ether oxygens (including phenoxy) is 4. The third-order valence-corrected chi connectivity index (χ3v) is 17.4. The molecule has 5 aliphatic carbocycles. The Balaban J connectivity index is 1.14. The zero-order valence-electron chi connectivity index (χ0n) is 34.3. The molecule has 2 heterocycles. The van der Waals surface area contributed by atoms with Crippen LogP contribution in [0, 0.1) is 57.2 Å². The summed E-state index contributed by atoms with van der Waals surface area (Å²) >= 11 is 0. The molecule has 15 nitrogen and oxygen atoms in total. The number of carbonyl (C=O) groups is 1. The van der Waals surface area contributed by atoms with E-state index >= 15 is 0 Å². The molecule has 0 aromatic heterocycles. The van der Waals surface area contributed by atoms with Crippen LogP contribution in [-0.4, -0.2) is 124 Å². The Labute approximate surface area is 336 Å². The van der Waals surface area contributed by atoms with Crippen molar-refractivity contribution in [1.29, 1.82) is 0 Å². The first-order chi connectivity index (χ1) is 26.5. The average molecular weight is 831 g/mol. The molecule has 0 spiro atoms. The summed E-state index contributed by atoms with van der Waals surface area (Å²) in [5, 5.41) is 62.5. The van der Waals surface area contributed by atoms with Gasteiger partial charge in [0.2, 0.25) is 6.29 Å². The van der Waals surface area contributed by atoms with Crippen LogP contribution >= 0.6 is 0 Å². The van der Waals surface area contributed by atoms with Crippen molar-refractivity contribution in [3.63, 3.8) is 0 Å². The maximum Gasteiger partial charge on any atom is 0.397 e. The van der Waals surface area contributed by atoms with E-state index in [1.165, 1.54) is 5.57 Å². The minimum absolute atomic E-state index is 0.0660. The number of hydrogen-bond donors (Lipinski definition) is 7. The zero-order chi connectivity index (χ0) is 41.8. The number of allylic oxidation sites excluding steroid dienone is 2. The third-order valence-electron chi connectivity index (χ3n) is 16.9. The van der Waals surface area contributed by atoms with Crippen LogP contribution in [0.1, 0.15) is 106 Å². The molecule has 0 unspecified atom stereocenters. The Morgan fingerprint density at radius 1 is 0.807 bits per heavy atom. The van der Waals surface area contributed by atoms with Crippen LogP contribution in [0.5, 0.6) is 0 Å². The lowest BCUT2D eigenvalue weighted by atomic mass is 9.37. The first-order valence-corrected chi connectivity index (χ1v) is 22.4. The summed E-state index contributed by atoms with van der Waals surface area (Å²) in [6.07, 6.45) is -5.58. The maximum atomic E-state index is 14.5. The Hall–Kier alpha value is -1.28. The quantitative estimate of drug-likeness (QED) is 0.0845. The number of fused-ring (bicyclic) bond motifs is 7. The first kappa shape index (κ1) is 43.8. The summed E-state index contributed by atoms with van der Waals surface area (Å²) in [6.45, 7) is 14.6. The van der Waals surface area contributed by atoms with E-state index in [9.17, 15) is 48.4 Å². The smallest absolute Gasteiger partial charge is 0.397 e. The van der Waals surface area contributed by atoms with E-state index in [-0.39, 0.29) is 34.5 Å². The topological polar surface area (TPSA) is 239 Å². The predicted octanol–water partition coefficient (Wildman–Crippen LogP) is 2.64. The highest BCUT2D eigenvalue weighted by molar-refractivity contribution is 7.80. The van der Waals surface area contributed by atoms with Crippen LogP contribution in [0.4, 0.5) is 0 Å². The molecule has 0 radical (unpaired) electrons. The first-order valence-electron chi connectivity index (χ1n) is 21.1. The minimum atomic E-state index is -5.00. The van der Waals surface area contributed by atoms with Gasteiger partial charge in [-0.15, -0.1) is 0 Å². The Morgan fingerprint density at radius 3 is 2.14 bits per heavy atom. The van der Waals surface area contributed by atoms with E-state index in [1.54, 1.807) is 6.92 Å². The molecule has 7 N–H and O–H groups in total. The number of aliphatic hydroxyl groups is 6. The fraction of sp³-hybridized carbons (Fsp3) is 0.927. The van der Waals surface area contributed by atoms with Gasteiger partial charge >= 0.3 is 16.4 Å². The molecule has 0 bridgehead atoms. The fourth-order valence-corrected chi connectivity index (χ4v) is 14.1. The molecular weight excluding hydrogens is 765 g/mol. The van der Waals surface area contributed by atoms with Gasteiger partial charge in [0.05, 0.1) is 24.2 Å². The number of esters is 1. The average Bonchev–Trinajstić information content (AvgIpc) is 3.14. The van der Waals surface area contributed by atoms with Crippen molar-refractivity contribution in [2.45, 2.75) is 174 Å². The zero-order valence-corrected chi connectivity index (χ0v) is 35.1. The Bertz CT molecular complexity index is 1650. The number of aliphatic hydroxyl groups excluding tert-OH is 6. The highest BCUT2D eigenvalue weighted by Crippen LogP contribution is 2.72. The fourth-order valence-electron chi connectivity index (χ4n) is 13.7. The van der Waals surface area contributed by atoms with Gasteiger partial charge in [-0.1, -0.05) is 53.2 Å². The number of rotatable bonds is 7. The largest absolute Gasteiger partial charge is 0.432 e. The monoisotopic (exact) mass is 830 g/mol. The van der Waals surface area contributed by atoms with Crippen molar-refractivity contribution in [1.82, 2.24) is 0 Å². The van der Waals surface area contributed by atoms with Gasteiger partial charge in [-0.05, 0) is 116 Å². The Morgan fingerprint density at radius 2 is 1.47 bits per heavy atom. The summed E-state index contributed by atoms with van der Waals surface area (Å²) in [4.78, 5) is 14.5. The lowest BCUT2D eigenvalue weighted by Crippen LogP contribution is -2.64. The SMILES string of the molecule is C[C@H]1[C@H](C)CC[C@]2(C(=O)O[C@@H]3O[C@H](CO)[C@@H](O)[C@H](O)[C@H]3O)CC[C@@H]3C(=CC[C@H]4[C@@]3(C)CC[C@H]3C(C)(C)[C@@H](O[C@@H]5O[C@H](C)[C@@H](O)[C@H](O)[C@H]5OS(=O)(=O)O)CC[C@]43C)[C@H]12. The summed E-state index contributed by atoms with van der Waals surface area (Å²) < 4.78 is 61.8. The summed E-state index contributed by atoms with van der Waals surface area (Å²) in [7, 11) is -5.00. The van der Waals surface area contributed by atoms with Crippen molar-refractivity contribution in [2.75, 3.05) is 6.61 Å². The Kier molecular flexibility index (Phi) is 11.7. The van der Waals surface area contributed by atoms with Crippen LogP contribution in [-0.2, 0) is 38.3 Å². The van der Waals surface area contributed by atoms with Crippen LogP contribution in [0.2, 0.25) is 0 Å². The van der Waals surface area contributed by atoms with Crippen molar-refractivity contribution < 1.29 is 71.5 Å². The van der Waals surface area contributed by atoms with Gasteiger partial charge in [-0.3, -0.25) is 9.35 Å². The van der Waals surface area contributed by atoms with Crippen LogP contribution in [0.25, 0.3) is 0 Å². The molecule has 0 aromatic carbocycles. The molecule has 0 amide bonds. The van der Waals surface area contributed by atoms with E-state index < -0.39 is 101 Å². The van der Waals surface area contributed by atoms with Gasteiger partial charge in [-0.2, -0.15) is 8.42 Å². The van der Waals surface area contributed by atoms with Crippen molar-refractivity contribution in [2.24, 2.45) is 57.2 Å². The molecule has 16 heteroatoms. The maximum absolute atomic E-state index is 14.5. The molecule has 7 rings (SSSR count). The van der Waals surface area contributed by atoms with Gasteiger partial charge in [0.1, 0.15) is 36.6 Å². The highest BCUT2D eigenvalue weighted by atomic mass is 32.3. The lowest BCUT2D eigenvalue weighted by molar-refractivity contribution is -0.319. The second-order valence-corrected chi connectivity index (χ2v) is 21.0. The summed E-state index contributed by atoms with van der Waals surface area (Å²) in [5.74, 6) is 0.736. The highest BCUT2D eigenvalue weighted by Gasteiger charge is 2.67. The predicted molar refractivity (Wildman–Crippen MR) is 202 cm³/mol. The molecule has 2 aliphatic heterocycles. The van der Waals surface area contributed by atoms with Gasteiger partial charge in [0, 0.05) is 0 Å². The van der Waals surface area contributed by atoms with E-state index in [0.29, 0.717) is 31.1 Å². The summed E-state index contributed by atoms with van der Waals surface area (Å²) in [5.41, 5.74) is -0.117. The molecule has 20 atom stereocenters. The molecule has 7 aliphatic rings. The molecule has 2 saturated heterocycles. The molecule has 4 saturated carbocycles. The number of hydrogen-bond acceptors (Lipinski definition) is 14. The van der Waals surface area contributed by atoms with Crippen molar-refractivity contribution >= 4 is 16.4 Å². The van der Waals surface area contributed by atoms with Gasteiger partial charge in [0.15, 0.2) is 12.4 Å². The van der Waals surface area contributed by atoms with E-state index in [4.69, 9.17) is 23.1 Å². The van der Waals surface area contributed by atoms with Gasteiger partial charge < -0.3 is 49.6 Å². The molecule has 57 heavy (non-hydrogen) atoms. The van der Waals surface area contributed by atoms with Gasteiger partial charge in [-0.25, -0.2) is 4.18 Å². The molecule has 6 fully saturated rings.